The van der Waals surface area contributed by atoms with Gasteiger partial charge in [-0.2, -0.15) is 0 Å². The van der Waals surface area contributed by atoms with Crippen molar-refractivity contribution in [1.29, 1.82) is 0 Å². The Morgan fingerprint density at radius 1 is 1.32 bits per heavy atom. The molecule has 1 aromatic rings. The molecule has 0 bridgehead atoms. The molecule has 1 heterocycles. The summed E-state index contributed by atoms with van der Waals surface area (Å²) in [5.41, 5.74) is 0. The Labute approximate surface area is 125 Å². The van der Waals surface area contributed by atoms with E-state index in [1.165, 1.54) is 0 Å². The van der Waals surface area contributed by atoms with E-state index >= 15 is 0 Å². The smallest absolute Gasteiger partial charge is 0.156 e. The lowest BCUT2D eigenvalue weighted by molar-refractivity contribution is 0.120. The summed E-state index contributed by atoms with van der Waals surface area (Å²) >= 11 is 12.4. The van der Waals surface area contributed by atoms with Gasteiger partial charge >= 0.3 is 0 Å². The highest BCUT2D eigenvalue weighted by Gasteiger charge is 2.28. The maximum atomic E-state index is 6.19. The van der Waals surface area contributed by atoms with Gasteiger partial charge in [-0.05, 0) is 37.4 Å². The Kier molecular flexibility index (Phi) is 5.37. The van der Waals surface area contributed by atoms with Crippen LogP contribution < -0.4 is 10.1 Å². The van der Waals surface area contributed by atoms with Crippen LogP contribution in [-0.2, 0) is 0 Å². The Bertz CT molecular complexity index is 396. The van der Waals surface area contributed by atoms with Crippen LogP contribution in [-0.4, -0.2) is 19.2 Å². The van der Waals surface area contributed by atoms with Crippen LogP contribution in [0.15, 0.2) is 18.2 Å². The van der Waals surface area contributed by atoms with Crippen molar-refractivity contribution >= 4 is 23.2 Å². The third kappa shape index (κ3) is 4.01. The fourth-order valence-electron chi connectivity index (χ4n) is 2.54. The second-order valence-corrected chi connectivity index (χ2v) is 6.40. The highest BCUT2D eigenvalue weighted by molar-refractivity contribution is 6.37. The molecule has 0 unspecified atom stereocenters. The lowest BCUT2D eigenvalue weighted by atomic mass is 9.93. The van der Waals surface area contributed by atoms with E-state index in [0.29, 0.717) is 27.6 Å². The quantitative estimate of drug-likeness (QED) is 0.870. The van der Waals surface area contributed by atoms with Crippen LogP contribution in [0.1, 0.15) is 26.7 Å². The molecule has 4 heteroatoms. The number of para-hydroxylation sites is 1. The highest BCUT2D eigenvalue weighted by atomic mass is 35.5. The third-order valence-corrected chi connectivity index (χ3v) is 4.11. The van der Waals surface area contributed by atoms with Crippen LogP contribution in [0.2, 0.25) is 10.0 Å². The molecule has 1 aliphatic rings. The number of hydrogen-bond acceptors (Lipinski definition) is 2. The monoisotopic (exact) mass is 301 g/mol. The molecule has 106 valence electrons. The lowest BCUT2D eigenvalue weighted by Crippen LogP contribution is -2.30. The van der Waals surface area contributed by atoms with Crippen LogP contribution in [0.25, 0.3) is 0 Å². The Morgan fingerprint density at radius 3 is 2.53 bits per heavy atom. The largest absolute Gasteiger partial charge is 0.487 e. The Morgan fingerprint density at radius 2 is 2.00 bits per heavy atom. The zero-order valence-electron chi connectivity index (χ0n) is 11.5. The lowest BCUT2D eigenvalue weighted by Gasteiger charge is -2.26. The molecular weight excluding hydrogens is 281 g/mol. The summed E-state index contributed by atoms with van der Waals surface area (Å²) < 4.78 is 6.17. The van der Waals surface area contributed by atoms with E-state index < -0.39 is 0 Å². The molecule has 1 N–H and O–H groups in total. The minimum absolute atomic E-state index is 0.174. The second-order valence-electron chi connectivity index (χ2n) is 5.59. The van der Waals surface area contributed by atoms with E-state index in [9.17, 15) is 0 Å². The zero-order chi connectivity index (χ0) is 13.8. The first kappa shape index (κ1) is 15.0. The second kappa shape index (κ2) is 6.83. The average Bonchev–Trinajstić information content (AvgIpc) is 2.85. The molecule has 19 heavy (non-hydrogen) atoms. The summed E-state index contributed by atoms with van der Waals surface area (Å²) in [4.78, 5) is 0. The van der Waals surface area contributed by atoms with Gasteiger partial charge in [0.1, 0.15) is 6.10 Å². The standard InChI is InChI=1S/C15H21Cl2NO/c1-10(2)8-14(11-6-7-18-9-11)19-15-12(16)4-3-5-13(15)17/h3-5,10-11,14,18H,6-9H2,1-2H3/t11-,14+/m0/s1. The highest BCUT2D eigenvalue weighted by Crippen LogP contribution is 2.35. The van der Waals surface area contributed by atoms with Crippen LogP contribution in [0.4, 0.5) is 0 Å². The van der Waals surface area contributed by atoms with E-state index in [4.69, 9.17) is 27.9 Å². The molecule has 1 aromatic carbocycles. The predicted molar refractivity (Wildman–Crippen MR) is 81.3 cm³/mol. The minimum Gasteiger partial charge on any atom is -0.487 e. The molecule has 0 saturated carbocycles. The molecule has 2 atom stereocenters. The van der Waals surface area contributed by atoms with Gasteiger partial charge in [0.15, 0.2) is 5.75 Å². The van der Waals surface area contributed by atoms with Gasteiger partial charge in [0.25, 0.3) is 0 Å². The fraction of sp³-hybridized carbons (Fsp3) is 0.600. The van der Waals surface area contributed by atoms with Crippen LogP contribution in [0.5, 0.6) is 5.75 Å². The van der Waals surface area contributed by atoms with Gasteiger partial charge in [0.05, 0.1) is 10.0 Å². The topological polar surface area (TPSA) is 21.3 Å². The molecule has 0 amide bonds. The van der Waals surface area contributed by atoms with Crippen molar-refractivity contribution < 1.29 is 4.74 Å². The van der Waals surface area contributed by atoms with Crippen LogP contribution >= 0.6 is 23.2 Å². The number of ether oxygens (including phenoxy) is 1. The predicted octanol–water partition coefficient (Wildman–Crippen LogP) is 4.40. The zero-order valence-corrected chi connectivity index (χ0v) is 13.0. The van der Waals surface area contributed by atoms with Gasteiger partial charge in [-0.1, -0.05) is 43.1 Å². The summed E-state index contributed by atoms with van der Waals surface area (Å²) in [5, 5.41) is 4.58. The first-order valence-corrected chi connectivity index (χ1v) is 7.65. The van der Waals surface area contributed by atoms with Gasteiger partial charge in [-0.25, -0.2) is 0 Å². The van der Waals surface area contributed by atoms with E-state index in [-0.39, 0.29) is 6.10 Å². The van der Waals surface area contributed by atoms with Gasteiger partial charge in [0, 0.05) is 12.5 Å². The van der Waals surface area contributed by atoms with Gasteiger partial charge in [-0.3, -0.25) is 0 Å². The minimum atomic E-state index is 0.174. The molecule has 1 saturated heterocycles. The average molecular weight is 302 g/mol. The molecule has 1 fully saturated rings. The molecular formula is C15H21Cl2NO. The van der Waals surface area contributed by atoms with Crippen molar-refractivity contribution in [3.63, 3.8) is 0 Å². The SMILES string of the molecule is CC(C)C[C@@H](Oc1c(Cl)cccc1Cl)[C@H]1CCNC1. The summed E-state index contributed by atoms with van der Waals surface area (Å²) in [6.45, 7) is 6.51. The Hall–Kier alpha value is -0.440. The van der Waals surface area contributed by atoms with E-state index in [2.05, 4.69) is 19.2 Å². The van der Waals surface area contributed by atoms with Crippen LogP contribution in [0, 0.1) is 11.8 Å². The molecule has 2 rings (SSSR count). The van der Waals surface area contributed by atoms with Crippen LogP contribution in [0.3, 0.4) is 0 Å². The van der Waals surface area contributed by atoms with E-state index in [1.54, 1.807) is 0 Å². The van der Waals surface area contributed by atoms with Gasteiger partial charge in [0.2, 0.25) is 0 Å². The first-order chi connectivity index (χ1) is 9.08. The van der Waals surface area contributed by atoms with Crippen molar-refractivity contribution in [1.82, 2.24) is 5.32 Å². The van der Waals surface area contributed by atoms with Crippen molar-refractivity contribution in [2.24, 2.45) is 11.8 Å². The maximum Gasteiger partial charge on any atom is 0.156 e. The fourth-order valence-corrected chi connectivity index (χ4v) is 3.03. The Balaban J connectivity index is 2.14. The molecule has 0 radical (unpaired) electrons. The molecule has 0 aromatic heterocycles. The van der Waals surface area contributed by atoms with E-state index in [1.807, 2.05) is 18.2 Å². The van der Waals surface area contributed by atoms with Crippen molar-refractivity contribution in [2.75, 3.05) is 13.1 Å². The first-order valence-electron chi connectivity index (χ1n) is 6.89. The normalized spacial score (nSPS) is 20.8. The number of rotatable bonds is 5. The summed E-state index contributed by atoms with van der Waals surface area (Å²) in [6.07, 6.45) is 2.35. The number of nitrogens with one attached hydrogen (secondary N) is 1. The summed E-state index contributed by atoms with van der Waals surface area (Å²) in [7, 11) is 0. The summed E-state index contributed by atoms with van der Waals surface area (Å²) in [5.74, 6) is 1.75. The van der Waals surface area contributed by atoms with Gasteiger partial charge in [-0.15, -0.1) is 0 Å². The van der Waals surface area contributed by atoms with Crippen molar-refractivity contribution in [2.45, 2.75) is 32.8 Å². The van der Waals surface area contributed by atoms with E-state index in [0.717, 1.165) is 25.9 Å². The summed E-state index contributed by atoms with van der Waals surface area (Å²) in [6, 6.07) is 5.48. The molecule has 2 nitrogen and oxygen atoms in total. The van der Waals surface area contributed by atoms with Crippen molar-refractivity contribution in [3.8, 4) is 5.75 Å². The van der Waals surface area contributed by atoms with Crippen molar-refractivity contribution in [3.05, 3.63) is 28.2 Å². The number of hydrogen-bond donors (Lipinski definition) is 1. The molecule has 1 aliphatic heterocycles. The van der Waals surface area contributed by atoms with Gasteiger partial charge < -0.3 is 10.1 Å². The number of halogens is 2. The third-order valence-electron chi connectivity index (χ3n) is 3.52. The maximum absolute atomic E-state index is 6.19. The molecule has 0 aliphatic carbocycles. The number of benzene rings is 1. The molecule has 0 spiro atoms.